The molecule has 3 N–H and O–H groups in total. The highest BCUT2D eigenvalue weighted by molar-refractivity contribution is 5.76. The molecule has 6 heteroatoms. The summed E-state index contributed by atoms with van der Waals surface area (Å²) in [5.74, 6) is -0.122. The summed E-state index contributed by atoms with van der Waals surface area (Å²) < 4.78 is 5.46. The predicted molar refractivity (Wildman–Crippen MR) is 278 cm³/mol. The van der Waals surface area contributed by atoms with Crippen LogP contribution in [0.15, 0.2) is 12.2 Å². The minimum absolute atomic E-state index is 0.0299. The number of carbonyl (C=O) groups excluding carboxylic acids is 2. The van der Waals surface area contributed by atoms with E-state index in [-0.39, 0.29) is 18.5 Å². The van der Waals surface area contributed by atoms with E-state index in [1.54, 1.807) is 0 Å². The Morgan fingerprint density at radius 2 is 0.750 bits per heavy atom. The Morgan fingerprint density at radius 3 is 1.14 bits per heavy atom. The molecule has 0 rings (SSSR count). The molecule has 0 fully saturated rings. The molecule has 0 aromatic carbocycles. The fraction of sp³-hybridized carbons (Fsp3) is 0.931. The Kier molecular flexibility index (Phi) is 53.0. The molecular weight excluding hydrogens is 791 g/mol. The number of allylic oxidation sites excluding steroid dienone is 2. The van der Waals surface area contributed by atoms with Crippen LogP contribution in [0.25, 0.3) is 0 Å². The van der Waals surface area contributed by atoms with Gasteiger partial charge in [-0.3, -0.25) is 9.59 Å². The number of aliphatic hydroxyl groups excluding tert-OH is 2. The summed E-state index contributed by atoms with van der Waals surface area (Å²) in [5.41, 5.74) is 0. The quantitative estimate of drug-likeness (QED) is 0.0321. The van der Waals surface area contributed by atoms with Gasteiger partial charge in [0.2, 0.25) is 5.91 Å². The lowest BCUT2D eigenvalue weighted by Gasteiger charge is -2.22. The summed E-state index contributed by atoms with van der Waals surface area (Å²) in [5, 5.41) is 23.3. The molecule has 64 heavy (non-hydrogen) atoms. The zero-order valence-electron chi connectivity index (χ0n) is 43.3. The van der Waals surface area contributed by atoms with Crippen molar-refractivity contribution >= 4 is 11.9 Å². The smallest absolute Gasteiger partial charge is 0.305 e. The van der Waals surface area contributed by atoms with Crippen molar-refractivity contribution in [2.75, 3.05) is 13.2 Å². The number of rotatable bonds is 54. The number of nitrogens with one attached hydrogen (secondary N) is 1. The molecule has 0 saturated carbocycles. The van der Waals surface area contributed by atoms with Crippen LogP contribution in [-0.4, -0.2) is 47.4 Å². The van der Waals surface area contributed by atoms with E-state index in [4.69, 9.17) is 4.74 Å². The van der Waals surface area contributed by atoms with Gasteiger partial charge in [0.1, 0.15) is 0 Å². The number of hydrogen-bond acceptors (Lipinski definition) is 5. The number of amides is 1. The van der Waals surface area contributed by atoms with E-state index < -0.39 is 12.1 Å². The average molecular weight is 905 g/mol. The van der Waals surface area contributed by atoms with Crippen molar-refractivity contribution in [1.82, 2.24) is 5.32 Å². The first-order valence-corrected chi connectivity index (χ1v) is 28.9. The van der Waals surface area contributed by atoms with Crippen molar-refractivity contribution in [3.63, 3.8) is 0 Å². The monoisotopic (exact) mass is 904 g/mol. The number of unbranched alkanes of at least 4 members (excludes halogenated alkanes) is 41. The van der Waals surface area contributed by atoms with Crippen LogP contribution in [0.5, 0.6) is 0 Å². The topological polar surface area (TPSA) is 95.9 Å². The number of esters is 1. The van der Waals surface area contributed by atoms with Crippen LogP contribution < -0.4 is 5.32 Å². The fourth-order valence-corrected chi connectivity index (χ4v) is 9.12. The highest BCUT2D eigenvalue weighted by Gasteiger charge is 2.20. The van der Waals surface area contributed by atoms with E-state index in [9.17, 15) is 19.8 Å². The van der Waals surface area contributed by atoms with Crippen molar-refractivity contribution in [1.29, 1.82) is 0 Å². The minimum atomic E-state index is -0.695. The second-order valence-corrected chi connectivity index (χ2v) is 20.0. The van der Waals surface area contributed by atoms with Gasteiger partial charge in [0.15, 0.2) is 0 Å². The third-order valence-corrected chi connectivity index (χ3v) is 13.6. The summed E-state index contributed by atoms with van der Waals surface area (Å²) >= 11 is 0. The van der Waals surface area contributed by atoms with Gasteiger partial charge in [-0.05, 0) is 44.9 Å². The molecule has 0 aromatic rings. The maximum absolute atomic E-state index is 12.5. The minimum Gasteiger partial charge on any atom is -0.466 e. The highest BCUT2D eigenvalue weighted by atomic mass is 16.5. The number of aliphatic hydroxyl groups is 2. The first kappa shape index (κ1) is 62.6. The van der Waals surface area contributed by atoms with Crippen molar-refractivity contribution < 1.29 is 24.5 Å². The Labute approximate surface area is 399 Å². The Balaban J connectivity index is 3.49. The standard InChI is InChI=1S/C58H113NO5/c1-3-5-7-9-11-13-15-17-19-21-23-25-27-29-31-34-38-42-46-50-56(61)55(54-60)59-57(62)51-47-43-39-35-33-37-41-45-49-53-64-58(63)52-48-44-40-36-32-30-28-26-24-22-20-18-16-14-12-10-8-6-4-2/h35,39,55-56,60-61H,3-34,36-38,40-54H2,1-2H3,(H,59,62)/b39-35-. The molecule has 6 nitrogen and oxygen atoms in total. The molecule has 2 unspecified atom stereocenters. The maximum atomic E-state index is 12.5. The van der Waals surface area contributed by atoms with Crippen LogP contribution in [0.2, 0.25) is 0 Å². The third kappa shape index (κ3) is 50.0. The molecule has 380 valence electrons. The normalized spacial score (nSPS) is 12.6. The molecule has 1 amide bonds. The van der Waals surface area contributed by atoms with Crippen LogP contribution in [0.4, 0.5) is 0 Å². The average Bonchev–Trinajstić information content (AvgIpc) is 3.29. The number of carbonyl (C=O) groups is 2. The Morgan fingerprint density at radius 1 is 0.422 bits per heavy atom. The number of hydrogen-bond donors (Lipinski definition) is 3. The SMILES string of the molecule is CCCCCCCCCCCCCCCCCCCCCC(=O)OCCCCCC/C=C\CCCC(=O)NC(CO)C(O)CCCCCCCCCCCCCCCCCCCCC. The van der Waals surface area contributed by atoms with E-state index in [1.165, 1.54) is 218 Å². The van der Waals surface area contributed by atoms with E-state index >= 15 is 0 Å². The lowest BCUT2D eigenvalue weighted by atomic mass is 10.0. The summed E-state index contributed by atoms with van der Waals surface area (Å²) in [6, 6.07) is -0.578. The van der Waals surface area contributed by atoms with Crippen molar-refractivity contribution in [3.05, 3.63) is 12.2 Å². The van der Waals surface area contributed by atoms with E-state index in [2.05, 4.69) is 31.3 Å². The zero-order chi connectivity index (χ0) is 46.5. The zero-order valence-corrected chi connectivity index (χ0v) is 43.3. The Bertz CT molecular complexity index is 955. The fourth-order valence-electron chi connectivity index (χ4n) is 9.12. The van der Waals surface area contributed by atoms with Gasteiger partial charge >= 0.3 is 5.97 Å². The molecule has 2 atom stereocenters. The van der Waals surface area contributed by atoms with Crippen LogP contribution in [0.1, 0.15) is 322 Å². The van der Waals surface area contributed by atoms with Crippen molar-refractivity contribution in [2.45, 2.75) is 334 Å². The van der Waals surface area contributed by atoms with Crippen LogP contribution >= 0.6 is 0 Å². The molecule has 0 bridgehead atoms. The lowest BCUT2D eigenvalue weighted by molar-refractivity contribution is -0.143. The summed E-state index contributed by atoms with van der Waals surface area (Å²) in [6.07, 6.45) is 63.5. The summed E-state index contributed by atoms with van der Waals surface area (Å²) in [7, 11) is 0. The van der Waals surface area contributed by atoms with Crippen molar-refractivity contribution in [2.24, 2.45) is 0 Å². The molecule has 0 aromatic heterocycles. The second-order valence-electron chi connectivity index (χ2n) is 20.0. The maximum Gasteiger partial charge on any atom is 0.305 e. The first-order valence-electron chi connectivity index (χ1n) is 28.9. The molecule has 0 saturated heterocycles. The molecular formula is C58H113NO5. The molecule has 0 spiro atoms. The third-order valence-electron chi connectivity index (χ3n) is 13.6. The lowest BCUT2D eigenvalue weighted by Crippen LogP contribution is -2.45. The van der Waals surface area contributed by atoms with E-state index in [1.807, 2.05) is 0 Å². The first-order chi connectivity index (χ1) is 31.5. The van der Waals surface area contributed by atoms with Crippen LogP contribution in [0.3, 0.4) is 0 Å². The van der Waals surface area contributed by atoms with Crippen LogP contribution in [0, 0.1) is 0 Å². The van der Waals surface area contributed by atoms with E-state index in [0.717, 1.165) is 70.6 Å². The van der Waals surface area contributed by atoms with Gasteiger partial charge < -0.3 is 20.3 Å². The molecule has 0 aliphatic heterocycles. The number of ether oxygens (including phenoxy) is 1. The largest absolute Gasteiger partial charge is 0.466 e. The second kappa shape index (κ2) is 54.2. The summed E-state index contributed by atoms with van der Waals surface area (Å²) in [6.45, 7) is 4.89. The van der Waals surface area contributed by atoms with Gasteiger partial charge in [0.25, 0.3) is 0 Å². The molecule has 0 radical (unpaired) electrons. The van der Waals surface area contributed by atoms with Gasteiger partial charge in [0, 0.05) is 12.8 Å². The predicted octanol–water partition coefficient (Wildman–Crippen LogP) is 17.7. The van der Waals surface area contributed by atoms with Gasteiger partial charge in [-0.25, -0.2) is 0 Å². The van der Waals surface area contributed by atoms with E-state index in [0.29, 0.717) is 25.9 Å². The Hall–Kier alpha value is -1.40. The van der Waals surface area contributed by atoms with Gasteiger partial charge in [0.05, 0.1) is 25.4 Å². The van der Waals surface area contributed by atoms with Crippen molar-refractivity contribution in [3.8, 4) is 0 Å². The molecule has 0 heterocycles. The molecule has 0 aliphatic rings. The highest BCUT2D eigenvalue weighted by Crippen LogP contribution is 2.18. The van der Waals surface area contributed by atoms with Gasteiger partial charge in [-0.15, -0.1) is 0 Å². The molecule has 0 aliphatic carbocycles. The van der Waals surface area contributed by atoms with Gasteiger partial charge in [-0.2, -0.15) is 0 Å². The summed E-state index contributed by atoms with van der Waals surface area (Å²) in [4.78, 5) is 24.6. The van der Waals surface area contributed by atoms with Crippen LogP contribution in [-0.2, 0) is 14.3 Å². The van der Waals surface area contributed by atoms with Gasteiger partial charge in [-0.1, -0.05) is 276 Å².